The summed E-state index contributed by atoms with van der Waals surface area (Å²) in [6.45, 7) is 8.45. The number of guanidine groups is 4. The third-order valence-electron chi connectivity index (χ3n) is 22.5. The van der Waals surface area contributed by atoms with Crippen molar-refractivity contribution in [2.75, 3.05) is 53.4 Å². The molecule has 832 valence electrons. The molecule has 2 saturated heterocycles. The summed E-state index contributed by atoms with van der Waals surface area (Å²) in [4.78, 5) is 248. The van der Waals surface area contributed by atoms with Crippen LogP contribution in [0.25, 0.3) is 22.9 Å². The van der Waals surface area contributed by atoms with Crippen molar-refractivity contribution in [2.24, 2.45) is 65.8 Å². The molecule has 70 heteroatoms. The van der Waals surface area contributed by atoms with E-state index in [9.17, 15) is 86.3 Å². The molecule has 150 heavy (non-hydrogen) atoms. The summed E-state index contributed by atoms with van der Waals surface area (Å²) in [5.41, 5.74) is 75.9. The average Bonchev–Trinajstić information content (AvgIpc) is 1.32. The standard InChI is InChI=1S/2C20H36N10O4P3.2C20H38N8O5P3.4Y/c1-11(31)14(6-4-7-24-20(22)23)25-17(33)15-5-2-3-8-30-10-12(28-29-30)9-13(21)16(32)27-19(37(35)36)18(34)26-15;1-11(31)14(6-4-7-24-20(22)23)25-17(33)15-9-12-10-30(29-28-12)8-3-2-5-13(21)16(32)27-19(37(35)36)18(34)26-15;1-11(29)13(7-5-8-24-20(22)23)25-17(32)14-6-3-4-9-28(2)15(30)10-12(21)16(31)27-19(36(34)35)18(33)26-14;1-11(29)13(7-5-8-24-20(22)23)25-17(32)14-10-15(30)28(2)9-4-3-6-12(21)16(31)27-19(36(34)35)18(33)26-14;;;;/h2*10,13-15,19,21H,2-9,35-36H2,1H3,(H,25,33)(H,26,34)(H,27,32)(H4,22,23,24);2*12-14,19,21H,3-10,34-35H2,1-2H3,(H,25,32)(H,26,33)(H,27,31)(H4,22,23,24);;;;/q4*-1;;;;. The number of aromatic nitrogens is 6. The molecule has 0 saturated carbocycles. The molecule has 4 aliphatic heterocycles. The van der Waals surface area contributed by atoms with Crippen LogP contribution in [0.2, 0.25) is 0 Å². The van der Waals surface area contributed by atoms with E-state index in [0.29, 0.717) is 173 Å². The first-order valence-electron chi connectivity index (χ1n) is 46.7. The smallest absolute Gasteiger partial charge is 0.248 e. The van der Waals surface area contributed by atoms with Gasteiger partial charge in [0.15, 0.2) is 47.0 Å². The van der Waals surface area contributed by atoms with Crippen LogP contribution in [0.5, 0.6) is 0 Å². The van der Waals surface area contributed by atoms with Gasteiger partial charge in [-0.05, 0) is 172 Å². The topological polar surface area (TPSA) is 872 Å². The molecule has 24 atom stereocenters. The predicted molar refractivity (Wildman–Crippen MR) is 591 cm³/mol. The number of nitrogens with zero attached hydrogens (tertiary/aromatic N) is 12. The van der Waals surface area contributed by atoms with Gasteiger partial charge in [0.25, 0.3) is 0 Å². The number of carbonyl (C=O) groups is 18. The first kappa shape index (κ1) is 148. The number of hydrogen-bond acceptors (Lipinski definition) is 26. The van der Waals surface area contributed by atoms with E-state index in [1.807, 2.05) is 0 Å². The SMILES string of the molecule is CC(=O)C(CCCN=C(N)N)NC(=O)C1CC(=O)N(C)CCCCC([NH-])C(=O)NC(P(P)P)C(=O)N1.CC(=O)C(CCCN=C(N)N)NC(=O)C1CCCCN(C)C(=O)CC([NH-])C(=O)NC(P(P)P)C(=O)N1.CC(=O)C(CCCN=C(N)N)NC(=O)C1CCCCn2cc(nn2)CC([NH-])C(=O)NC(P(P)P)C(=O)N1.CC(=O)C(CCCN=C(N)N)NC(=O)C1Cc2cn(nn2)CCCCC([NH-])C(=O)NC(P(P)P)C(=O)N1.[Y].[Y].[Y].[Y]. The number of aliphatic imine (C=N–C) groups is 4. The Balaban J connectivity index is 0. The number of amides is 14. The van der Waals surface area contributed by atoms with Gasteiger partial charge >= 0.3 is 0 Å². The van der Waals surface area contributed by atoms with Crippen LogP contribution in [0.1, 0.15) is 180 Å². The molecule has 2 aromatic rings. The Hall–Kier alpha value is -3.96. The minimum atomic E-state index is -1.36. The van der Waals surface area contributed by atoms with E-state index in [1.165, 1.54) is 37.5 Å². The first-order chi connectivity index (χ1) is 68.6. The number of nitrogens with one attached hydrogen (secondary N) is 16. The Labute approximate surface area is 997 Å². The van der Waals surface area contributed by atoms with E-state index in [0.717, 1.165) is 0 Å². The minimum Gasteiger partial charge on any atom is -0.667 e. The molecule has 32 N–H and O–H groups in total. The summed E-state index contributed by atoms with van der Waals surface area (Å²) in [5.74, 6) is -13.1. The number of hydrogen-bond donors (Lipinski definition) is 20. The van der Waals surface area contributed by atoms with Crippen LogP contribution < -0.4 is 110 Å². The molecule has 0 aromatic carbocycles. The second-order valence-corrected chi connectivity index (χ2v) is 61.9. The molecule has 24 unspecified atom stereocenters. The zero-order valence-electron chi connectivity index (χ0n) is 85.1. The Morgan fingerprint density at radius 2 is 0.587 bits per heavy atom. The van der Waals surface area contributed by atoms with Crippen molar-refractivity contribution in [3.8, 4) is 0 Å². The van der Waals surface area contributed by atoms with Crippen molar-refractivity contribution in [1.82, 2.24) is 104 Å². The molecule has 4 bridgehead atoms. The van der Waals surface area contributed by atoms with Gasteiger partial charge in [-0.3, -0.25) is 116 Å². The van der Waals surface area contributed by atoms with Gasteiger partial charge in [-0.2, -0.15) is 0 Å². The van der Waals surface area contributed by atoms with Crippen molar-refractivity contribution < 1.29 is 217 Å². The quantitative estimate of drug-likeness (QED) is 0.0166. The number of Topliss-reactive ketones (excluding diaryl/α,β-unsaturated/α-hetero) is 4. The van der Waals surface area contributed by atoms with E-state index < -0.39 is 196 Å². The normalized spacial score (nSPS) is 22.1. The summed E-state index contributed by atoms with van der Waals surface area (Å²) in [7, 11) is 18.3. The molecule has 0 spiro atoms. The summed E-state index contributed by atoms with van der Waals surface area (Å²) >= 11 is 0. The van der Waals surface area contributed by atoms with Crippen LogP contribution in [-0.4, -0.2) is 318 Å². The van der Waals surface area contributed by atoms with Crippen molar-refractivity contribution in [3.05, 3.63) is 46.7 Å². The molecule has 2 fully saturated rings. The largest absolute Gasteiger partial charge is 0.667 e. The fraction of sp³-hybridized carbons (Fsp3) is 0.675. The minimum absolute atomic E-state index is 0. The molecule has 6 rings (SSSR count). The molecular formula is C80H148N36O18P12Y4-4. The van der Waals surface area contributed by atoms with Gasteiger partial charge in [-0.1, -0.05) is 54.2 Å². The van der Waals surface area contributed by atoms with Crippen LogP contribution in [0.4, 0.5) is 0 Å². The molecule has 4 radical (unpaired) electrons. The van der Waals surface area contributed by atoms with Gasteiger partial charge in [-0.15, -0.1) is 81.6 Å². The van der Waals surface area contributed by atoms with Crippen LogP contribution in [-0.2, 0) is 243 Å². The summed E-state index contributed by atoms with van der Waals surface area (Å²) in [6, 6.07) is -12.1. The second-order valence-electron chi connectivity index (χ2n) is 34.7. The van der Waals surface area contributed by atoms with Crippen LogP contribution in [0, 0.1) is 0 Å². The van der Waals surface area contributed by atoms with Gasteiger partial charge in [0.2, 0.25) is 82.7 Å². The average molecular weight is 2630 g/mol. The molecule has 2 aromatic heterocycles. The van der Waals surface area contributed by atoms with Crippen molar-refractivity contribution in [3.63, 3.8) is 0 Å². The van der Waals surface area contributed by atoms with E-state index in [2.05, 4.69) is 176 Å². The molecule has 4 aliphatic rings. The maximum Gasteiger partial charge on any atom is 0.248 e. The van der Waals surface area contributed by atoms with Crippen LogP contribution >= 0.6 is 101 Å². The number of carbonyl (C=O) groups excluding carboxylic acids is 18. The van der Waals surface area contributed by atoms with Crippen molar-refractivity contribution in [2.45, 2.75) is 291 Å². The fourth-order valence-electron chi connectivity index (χ4n) is 14.1. The Kier molecular flexibility index (Phi) is 78.9. The number of ketones is 4. The zero-order chi connectivity index (χ0) is 110. The van der Waals surface area contributed by atoms with Gasteiger partial charge in [-0.25, -0.2) is 0 Å². The second kappa shape index (κ2) is 79.9. The Morgan fingerprint density at radius 3 is 0.867 bits per heavy atom. The molecule has 6 heterocycles. The maximum atomic E-state index is 13.3. The Bertz CT molecular complexity index is 4820. The first-order valence-corrected chi connectivity index (χ1v) is 65.3. The van der Waals surface area contributed by atoms with E-state index in [-0.39, 0.29) is 235 Å². The van der Waals surface area contributed by atoms with E-state index in [1.54, 1.807) is 35.9 Å². The number of aryl methyl sites for hydroxylation is 2. The van der Waals surface area contributed by atoms with Gasteiger partial charge in [0.1, 0.15) is 47.3 Å². The third kappa shape index (κ3) is 59.8. The summed E-state index contributed by atoms with van der Waals surface area (Å²) < 4.78 is 3.25. The van der Waals surface area contributed by atoms with Gasteiger partial charge < -0.3 is 142 Å². The maximum absolute atomic E-state index is 13.3. The fourth-order valence-corrected chi connectivity index (χ4v) is 21.6. The predicted octanol–water partition coefficient (Wildman–Crippen LogP) is -1.81. The molecule has 0 aliphatic carbocycles. The molecule has 54 nitrogen and oxygen atoms in total. The third-order valence-corrected chi connectivity index (χ3v) is 33.4. The van der Waals surface area contributed by atoms with Crippen LogP contribution in [0.15, 0.2) is 32.4 Å². The Morgan fingerprint density at radius 1 is 0.347 bits per heavy atom. The molecular weight excluding hydrogens is 2480 g/mol. The van der Waals surface area contributed by atoms with E-state index in [4.69, 9.17) is 68.8 Å². The summed E-state index contributed by atoms with van der Waals surface area (Å²) in [6.07, 6.45) is 11.9. The number of fused-ring (bicyclic) bond motifs is 4. The van der Waals surface area contributed by atoms with Crippen molar-refractivity contribution in [1.29, 1.82) is 0 Å². The monoisotopic (exact) mass is 2630 g/mol. The molecule has 14 amide bonds. The van der Waals surface area contributed by atoms with Gasteiger partial charge in [0, 0.05) is 223 Å². The number of rotatable bonds is 32. The zero-order valence-corrected chi connectivity index (χ0v) is 109. The van der Waals surface area contributed by atoms with Gasteiger partial charge in [0.05, 0.1) is 42.0 Å². The number of nitrogens with two attached hydrogens (primary N) is 8. The van der Waals surface area contributed by atoms with Crippen LogP contribution in [0.3, 0.4) is 0 Å². The van der Waals surface area contributed by atoms with E-state index >= 15 is 0 Å². The van der Waals surface area contributed by atoms with Crippen molar-refractivity contribution >= 4 is 230 Å². The summed E-state index contributed by atoms with van der Waals surface area (Å²) in [5, 5.41) is 48.1.